The molecule has 0 spiro atoms. The van der Waals surface area contributed by atoms with Crippen LogP contribution in [0.15, 0.2) is 41.3 Å². The maximum absolute atomic E-state index is 11.9. The molecule has 15 heavy (non-hydrogen) atoms. The normalized spacial score (nSPS) is 11.3. The summed E-state index contributed by atoms with van der Waals surface area (Å²) in [4.78, 5) is 11.9. The van der Waals surface area contributed by atoms with Crippen LogP contribution >= 0.6 is 0 Å². The number of aryl methyl sites for hydroxylation is 1. The molecule has 0 bridgehead atoms. The predicted octanol–water partition coefficient (Wildman–Crippen LogP) is 1.19. The van der Waals surface area contributed by atoms with Gasteiger partial charge in [-0.1, -0.05) is 18.2 Å². The van der Waals surface area contributed by atoms with E-state index in [1.54, 1.807) is 17.6 Å². The standard InChI is InChI=1S/C11H9N3O/c1-13-11(15)14-9(7-12-13)6-8-4-2-3-5-10(8)14/h2-7H,1H3. The molecule has 0 aliphatic carbocycles. The largest absolute Gasteiger partial charge is 0.349 e. The van der Waals surface area contributed by atoms with Gasteiger partial charge in [0, 0.05) is 12.4 Å². The molecule has 0 fully saturated rings. The van der Waals surface area contributed by atoms with Crippen LogP contribution in [0.4, 0.5) is 0 Å². The molecule has 3 aromatic rings. The fraction of sp³-hybridized carbons (Fsp3) is 0.0909. The molecule has 0 aliphatic rings. The van der Waals surface area contributed by atoms with Crippen LogP contribution in [0.3, 0.4) is 0 Å². The van der Waals surface area contributed by atoms with Gasteiger partial charge in [0.25, 0.3) is 0 Å². The van der Waals surface area contributed by atoms with Crippen LogP contribution in [0.1, 0.15) is 0 Å². The predicted molar refractivity (Wildman–Crippen MR) is 57.9 cm³/mol. The summed E-state index contributed by atoms with van der Waals surface area (Å²) < 4.78 is 3.00. The minimum Gasteiger partial charge on any atom is -0.259 e. The summed E-state index contributed by atoms with van der Waals surface area (Å²) in [5.41, 5.74) is 1.64. The highest BCUT2D eigenvalue weighted by Crippen LogP contribution is 2.16. The molecule has 74 valence electrons. The average Bonchev–Trinajstić information content (AvgIpc) is 2.62. The fourth-order valence-corrected chi connectivity index (χ4v) is 1.82. The fourth-order valence-electron chi connectivity index (χ4n) is 1.82. The van der Waals surface area contributed by atoms with Gasteiger partial charge >= 0.3 is 5.69 Å². The molecular weight excluding hydrogens is 190 g/mol. The van der Waals surface area contributed by atoms with E-state index >= 15 is 0 Å². The Morgan fingerprint density at radius 2 is 2.07 bits per heavy atom. The summed E-state index contributed by atoms with van der Waals surface area (Å²) in [7, 11) is 1.65. The number of para-hydroxylation sites is 1. The third-order valence-corrected chi connectivity index (χ3v) is 2.57. The first kappa shape index (κ1) is 8.23. The van der Waals surface area contributed by atoms with Crippen LogP contribution in [0.2, 0.25) is 0 Å². The third-order valence-electron chi connectivity index (χ3n) is 2.57. The summed E-state index contributed by atoms with van der Waals surface area (Å²) >= 11 is 0. The van der Waals surface area contributed by atoms with Crippen molar-refractivity contribution in [1.29, 1.82) is 0 Å². The minimum absolute atomic E-state index is 0.117. The first-order chi connectivity index (χ1) is 7.27. The third kappa shape index (κ3) is 1.01. The van der Waals surface area contributed by atoms with Gasteiger partial charge in [-0.05, 0) is 12.1 Å². The first-order valence-corrected chi connectivity index (χ1v) is 4.70. The molecule has 0 aliphatic heterocycles. The van der Waals surface area contributed by atoms with Crippen molar-refractivity contribution < 1.29 is 0 Å². The number of hydrogen-bond acceptors (Lipinski definition) is 2. The van der Waals surface area contributed by atoms with Gasteiger partial charge in [0.05, 0.1) is 17.2 Å². The Kier molecular flexibility index (Phi) is 1.48. The molecule has 0 atom stereocenters. The van der Waals surface area contributed by atoms with E-state index in [9.17, 15) is 4.79 Å². The summed E-state index contributed by atoms with van der Waals surface area (Å²) in [6, 6.07) is 9.77. The van der Waals surface area contributed by atoms with Crippen molar-refractivity contribution in [3.63, 3.8) is 0 Å². The van der Waals surface area contributed by atoms with Crippen molar-refractivity contribution in [2.75, 3.05) is 0 Å². The van der Waals surface area contributed by atoms with Crippen LogP contribution in [-0.2, 0) is 7.05 Å². The van der Waals surface area contributed by atoms with Crippen LogP contribution in [0.25, 0.3) is 16.4 Å². The van der Waals surface area contributed by atoms with Gasteiger partial charge in [0.15, 0.2) is 0 Å². The molecule has 1 aromatic carbocycles. The van der Waals surface area contributed by atoms with Crippen molar-refractivity contribution in [1.82, 2.24) is 14.2 Å². The Balaban J connectivity index is 2.69. The van der Waals surface area contributed by atoms with E-state index in [1.807, 2.05) is 30.3 Å². The molecule has 0 N–H and O–H groups in total. The monoisotopic (exact) mass is 199 g/mol. The number of nitrogens with zero attached hydrogens (tertiary/aromatic N) is 3. The lowest BCUT2D eigenvalue weighted by Crippen LogP contribution is -2.25. The number of hydrogen-bond donors (Lipinski definition) is 0. The maximum atomic E-state index is 11.9. The molecule has 0 amide bonds. The lowest BCUT2D eigenvalue weighted by molar-refractivity contribution is 0.671. The van der Waals surface area contributed by atoms with Crippen LogP contribution in [0.5, 0.6) is 0 Å². The summed E-state index contributed by atoms with van der Waals surface area (Å²) in [6.45, 7) is 0. The van der Waals surface area contributed by atoms with Gasteiger partial charge in [-0.25, -0.2) is 9.48 Å². The van der Waals surface area contributed by atoms with Crippen molar-refractivity contribution in [3.05, 3.63) is 47.0 Å². The van der Waals surface area contributed by atoms with E-state index in [1.165, 1.54) is 4.68 Å². The zero-order valence-corrected chi connectivity index (χ0v) is 8.21. The van der Waals surface area contributed by atoms with E-state index in [4.69, 9.17) is 0 Å². The van der Waals surface area contributed by atoms with Crippen molar-refractivity contribution in [2.45, 2.75) is 0 Å². The quantitative estimate of drug-likeness (QED) is 0.545. The molecule has 4 nitrogen and oxygen atoms in total. The molecule has 0 radical (unpaired) electrons. The van der Waals surface area contributed by atoms with Gasteiger partial charge < -0.3 is 0 Å². The highest BCUT2D eigenvalue weighted by Gasteiger charge is 2.05. The zero-order valence-electron chi connectivity index (χ0n) is 8.21. The van der Waals surface area contributed by atoms with E-state index in [2.05, 4.69) is 5.10 Å². The van der Waals surface area contributed by atoms with Gasteiger partial charge in [0.1, 0.15) is 0 Å². The Labute approximate surface area is 85.4 Å². The maximum Gasteiger partial charge on any atom is 0.349 e. The molecule has 0 unspecified atom stereocenters. The summed E-state index contributed by atoms with van der Waals surface area (Å²) in [5, 5.41) is 5.04. The highest BCUT2D eigenvalue weighted by atomic mass is 16.1. The van der Waals surface area contributed by atoms with Gasteiger partial charge in [-0.3, -0.25) is 4.40 Å². The van der Waals surface area contributed by atoms with Crippen molar-refractivity contribution in [2.24, 2.45) is 7.05 Å². The Hall–Kier alpha value is -2.10. The van der Waals surface area contributed by atoms with Gasteiger partial charge in [0.2, 0.25) is 0 Å². The van der Waals surface area contributed by atoms with E-state index in [0.717, 1.165) is 16.4 Å². The smallest absolute Gasteiger partial charge is 0.259 e. The molecule has 0 saturated heterocycles. The first-order valence-electron chi connectivity index (χ1n) is 4.70. The number of aromatic nitrogens is 3. The van der Waals surface area contributed by atoms with E-state index < -0.39 is 0 Å². The SMILES string of the molecule is Cn1ncc2cc3ccccc3n2c1=O. The molecule has 4 heteroatoms. The summed E-state index contributed by atoms with van der Waals surface area (Å²) in [5.74, 6) is 0. The molecule has 2 heterocycles. The molecule has 2 aromatic heterocycles. The zero-order chi connectivity index (χ0) is 10.4. The number of rotatable bonds is 0. The van der Waals surface area contributed by atoms with Gasteiger partial charge in [-0.15, -0.1) is 0 Å². The summed E-state index contributed by atoms with van der Waals surface area (Å²) in [6.07, 6.45) is 1.70. The Morgan fingerprint density at radius 3 is 2.93 bits per heavy atom. The average molecular weight is 199 g/mol. The van der Waals surface area contributed by atoms with E-state index in [0.29, 0.717) is 0 Å². The Morgan fingerprint density at radius 1 is 1.27 bits per heavy atom. The highest BCUT2D eigenvalue weighted by molar-refractivity contribution is 5.86. The minimum atomic E-state index is -0.117. The second-order valence-electron chi connectivity index (χ2n) is 3.51. The van der Waals surface area contributed by atoms with Crippen LogP contribution in [0, 0.1) is 0 Å². The number of benzene rings is 1. The van der Waals surface area contributed by atoms with Crippen molar-refractivity contribution in [3.8, 4) is 0 Å². The lowest BCUT2D eigenvalue weighted by atomic mass is 10.2. The van der Waals surface area contributed by atoms with Gasteiger partial charge in [-0.2, -0.15) is 5.10 Å². The Bertz CT molecular complexity index is 708. The second kappa shape index (κ2) is 2.70. The second-order valence-corrected chi connectivity index (χ2v) is 3.51. The van der Waals surface area contributed by atoms with Crippen LogP contribution in [-0.4, -0.2) is 14.2 Å². The molecule has 3 rings (SSSR count). The van der Waals surface area contributed by atoms with Crippen molar-refractivity contribution >= 4 is 16.4 Å². The molecular formula is C11H9N3O. The molecule has 0 saturated carbocycles. The topological polar surface area (TPSA) is 39.3 Å². The van der Waals surface area contributed by atoms with E-state index in [-0.39, 0.29) is 5.69 Å². The lowest BCUT2D eigenvalue weighted by Gasteiger charge is -1.98. The van der Waals surface area contributed by atoms with Crippen LogP contribution < -0.4 is 5.69 Å². The number of fused-ring (bicyclic) bond motifs is 3.